The van der Waals surface area contributed by atoms with Crippen molar-refractivity contribution in [2.75, 3.05) is 16.8 Å². The second-order valence-corrected chi connectivity index (χ2v) is 6.73. The van der Waals surface area contributed by atoms with Crippen LogP contribution in [0, 0.1) is 13.8 Å². The van der Waals surface area contributed by atoms with Crippen molar-refractivity contribution in [2.24, 2.45) is 0 Å². The average molecular weight is 348 g/mol. The summed E-state index contributed by atoms with van der Waals surface area (Å²) in [6, 6.07) is 2.45. The van der Waals surface area contributed by atoms with Crippen molar-refractivity contribution in [3.63, 3.8) is 0 Å². The maximum absolute atomic E-state index is 12.4. The molecule has 1 atom stereocenters. The van der Waals surface area contributed by atoms with E-state index in [4.69, 9.17) is 11.6 Å². The monoisotopic (exact) mass is 347 g/mol. The summed E-state index contributed by atoms with van der Waals surface area (Å²) >= 11 is 5.95. The summed E-state index contributed by atoms with van der Waals surface area (Å²) in [4.78, 5) is 19.3. The number of aromatic amines is 1. The summed E-state index contributed by atoms with van der Waals surface area (Å²) in [5, 5.41) is 9.56. The predicted molar refractivity (Wildman–Crippen MR) is 95.9 cm³/mol. The summed E-state index contributed by atoms with van der Waals surface area (Å²) in [7, 11) is 0. The van der Waals surface area contributed by atoms with Crippen LogP contribution in [0.3, 0.4) is 0 Å². The van der Waals surface area contributed by atoms with Crippen LogP contribution in [0.4, 0.5) is 11.5 Å². The Bertz CT molecular complexity index is 738. The zero-order valence-corrected chi connectivity index (χ0v) is 14.9. The molecule has 3 rings (SSSR count). The second-order valence-electron chi connectivity index (χ2n) is 6.37. The lowest BCUT2D eigenvalue weighted by Gasteiger charge is -2.35. The zero-order chi connectivity index (χ0) is 17.3. The van der Waals surface area contributed by atoms with Gasteiger partial charge in [0.1, 0.15) is 5.82 Å². The molecular formula is C17H22ClN5O. The van der Waals surface area contributed by atoms with Crippen molar-refractivity contribution in [3.8, 4) is 0 Å². The van der Waals surface area contributed by atoms with E-state index < -0.39 is 0 Å². The lowest BCUT2D eigenvalue weighted by molar-refractivity contribution is 0.102. The molecule has 6 nitrogen and oxygen atoms in total. The SMILES string of the molecule is Cc1cc(NC(=O)c2c(Cl)n[nH]c2C)cnc1N1CCCCC1C. The fourth-order valence-corrected chi connectivity index (χ4v) is 3.48. The maximum atomic E-state index is 12.4. The van der Waals surface area contributed by atoms with Crippen LogP contribution in [0.1, 0.15) is 47.8 Å². The largest absolute Gasteiger partial charge is 0.354 e. The van der Waals surface area contributed by atoms with E-state index in [2.05, 4.69) is 32.3 Å². The first-order valence-electron chi connectivity index (χ1n) is 8.22. The van der Waals surface area contributed by atoms with Gasteiger partial charge in [0.25, 0.3) is 5.91 Å². The molecule has 24 heavy (non-hydrogen) atoms. The number of nitrogens with one attached hydrogen (secondary N) is 2. The molecule has 1 aliphatic rings. The van der Waals surface area contributed by atoms with E-state index in [0.29, 0.717) is 23.0 Å². The first-order valence-corrected chi connectivity index (χ1v) is 8.60. The van der Waals surface area contributed by atoms with Crippen LogP contribution in [0.2, 0.25) is 5.15 Å². The number of piperidine rings is 1. The Morgan fingerprint density at radius 1 is 1.42 bits per heavy atom. The summed E-state index contributed by atoms with van der Waals surface area (Å²) in [5.74, 6) is 0.712. The highest BCUT2D eigenvalue weighted by Gasteiger charge is 2.22. The number of anilines is 2. The maximum Gasteiger partial charge on any atom is 0.260 e. The molecule has 7 heteroatoms. The lowest BCUT2D eigenvalue weighted by atomic mass is 10.0. The Balaban J connectivity index is 1.79. The Morgan fingerprint density at radius 2 is 2.21 bits per heavy atom. The summed E-state index contributed by atoms with van der Waals surface area (Å²) in [5.41, 5.74) is 2.71. The van der Waals surface area contributed by atoms with Gasteiger partial charge in [-0.25, -0.2) is 4.98 Å². The van der Waals surface area contributed by atoms with E-state index in [9.17, 15) is 4.79 Å². The molecule has 2 aromatic rings. The highest BCUT2D eigenvalue weighted by molar-refractivity contribution is 6.33. The fraction of sp³-hybridized carbons (Fsp3) is 0.471. The van der Waals surface area contributed by atoms with Gasteiger partial charge in [0.05, 0.1) is 17.4 Å². The number of rotatable bonds is 3. The molecule has 0 aromatic carbocycles. The molecule has 1 unspecified atom stereocenters. The molecule has 0 spiro atoms. The van der Waals surface area contributed by atoms with Crippen molar-refractivity contribution in [2.45, 2.75) is 46.1 Å². The van der Waals surface area contributed by atoms with Crippen LogP contribution in [-0.2, 0) is 0 Å². The molecule has 1 fully saturated rings. The van der Waals surface area contributed by atoms with Gasteiger partial charge in [-0.15, -0.1) is 0 Å². The first kappa shape index (κ1) is 16.8. The highest BCUT2D eigenvalue weighted by atomic mass is 35.5. The van der Waals surface area contributed by atoms with Crippen molar-refractivity contribution in [3.05, 3.63) is 34.2 Å². The second kappa shape index (κ2) is 6.81. The van der Waals surface area contributed by atoms with Gasteiger partial charge in [-0.3, -0.25) is 9.89 Å². The normalized spacial score (nSPS) is 17.8. The fourth-order valence-electron chi connectivity index (χ4n) is 3.21. The minimum Gasteiger partial charge on any atom is -0.354 e. The zero-order valence-electron chi connectivity index (χ0n) is 14.2. The van der Waals surface area contributed by atoms with Crippen LogP contribution in [0.5, 0.6) is 0 Å². The van der Waals surface area contributed by atoms with Crippen molar-refractivity contribution >= 4 is 29.0 Å². The standard InChI is InChI=1S/C17H22ClN5O/c1-10-8-13(20-17(24)14-12(3)21-22-15(14)18)9-19-16(10)23-7-5-4-6-11(23)2/h8-9,11H,4-7H2,1-3H3,(H,20,24)(H,21,22). The minimum absolute atomic E-state index is 0.174. The van der Waals surface area contributed by atoms with Gasteiger partial charge in [0, 0.05) is 18.3 Å². The molecule has 2 N–H and O–H groups in total. The Morgan fingerprint density at radius 3 is 2.83 bits per heavy atom. The Hall–Kier alpha value is -2.08. The minimum atomic E-state index is -0.286. The van der Waals surface area contributed by atoms with Crippen molar-refractivity contribution in [1.82, 2.24) is 15.2 Å². The van der Waals surface area contributed by atoms with Crippen molar-refractivity contribution < 1.29 is 4.79 Å². The van der Waals surface area contributed by atoms with Crippen LogP contribution in [-0.4, -0.2) is 33.7 Å². The molecule has 128 valence electrons. The Labute approximate surface area is 146 Å². The molecule has 1 aliphatic heterocycles. The summed E-state index contributed by atoms with van der Waals surface area (Å²) < 4.78 is 0. The van der Waals surface area contributed by atoms with Crippen LogP contribution >= 0.6 is 11.6 Å². The molecule has 0 bridgehead atoms. The number of aryl methyl sites for hydroxylation is 2. The third-order valence-corrected chi connectivity index (χ3v) is 4.79. The molecular weight excluding hydrogens is 326 g/mol. The van der Waals surface area contributed by atoms with Crippen molar-refractivity contribution in [1.29, 1.82) is 0 Å². The number of hydrogen-bond acceptors (Lipinski definition) is 4. The molecule has 1 saturated heterocycles. The number of carbonyl (C=O) groups is 1. The van der Waals surface area contributed by atoms with Gasteiger partial charge < -0.3 is 10.2 Å². The van der Waals surface area contributed by atoms with E-state index in [-0.39, 0.29) is 11.1 Å². The predicted octanol–water partition coefficient (Wildman–Crippen LogP) is 3.71. The molecule has 3 heterocycles. The molecule has 0 aliphatic carbocycles. The number of amides is 1. The third kappa shape index (κ3) is 3.24. The number of hydrogen-bond donors (Lipinski definition) is 2. The number of halogens is 1. The quantitative estimate of drug-likeness (QED) is 0.887. The first-order chi connectivity index (χ1) is 11.5. The van der Waals surface area contributed by atoms with Gasteiger partial charge in [-0.1, -0.05) is 11.6 Å². The van der Waals surface area contributed by atoms with E-state index in [0.717, 1.165) is 17.9 Å². The topological polar surface area (TPSA) is 73.9 Å². The van der Waals surface area contributed by atoms with Gasteiger partial charge >= 0.3 is 0 Å². The number of nitrogens with zero attached hydrogens (tertiary/aromatic N) is 3. The summed E-state index contributed by atoms with van der Waals surface area (Å²) in [6.45, 7) is 7.05. The summed E-state index contributed by atoms with van der Waals surface area (Å²) in [6.07, 6.45) is 5.36. The van der Waals surface area contributed by atoms with Gasteiger partial charge in [0.15, 0.2) is 5.15 Å². The van der Waals surface area contributed by atoms with Gasteiger partial charge in [0.2, 0.25) is 0 Å². The van der Waals surface area contributed by atoms with Crippen LogP contribution < -0.4 is 10.2 Å². The lowest BCUT2D eigenvalue weighted by Crippen LogP contribution is -2.38. The van der Waals surface area contributed by atoms with Crippen LogP contribution in [0.25, 0.3) is 0 Å². The van der Waals surface area contributed by atoms with Gasteiger partial charge in [-0.2, -0.15) is 5.10 Å². The highest BCUT2D eigenvalue weighted by Crippen LogP contribution is 2.27. The molecule has 0 radical (unpaired) electrons. The molecule has 0 saturated carbocycles. The Kier molecular flexibility index (Phi) is 4.76. The number of aromatic nitrogens is 3. The van der Waals surface area contributed by atoms with E-state index in [1.807, 2.05) is 13.0 Å². The number of pyridine rings is 1. The number of carbonyl (C=O) groups excluding carboxylic acids is 1. The average Bonchev–Trinajstić information content (AvgIpc) is 2.87. The van der Waals surface area contributed by atoms with Gasteiger partial charge in [-0.05, 0) is 51.7 Å². The van der Waals surface area contributed by atoms with E-state index in [1.54, 1.807) is 13.1 Å². The van der Waals surface area contributed by atoms with Crippen LogP contribution in [0.15, 0.2) is 12.3 Å². The van der Waals surface area contributed by atoms with E-state index >= 15 is 0 Å². The smallest absolute Gasteiger partial charge is 0.260 e. The van der Waals surface area contributed by atoms with E-state index in [1.165, 1.54) is 19.3 Å². The number of H-pyrrole nitrogens is 1. The molecule has 1 amide bonds. The molecule has 2 aromatic heterocycles. The third-order valence-electron chi connectivity index (χ3n) is 4.51.